The molecule has 3 heterocycles. The maximum absolute atomic E-state index is 15.2. The van der Waals surface area contributed by atoms with Crippen LogP contribution in [-0.2, 0) is 84.7 Å². The lowest BCUT2D eigenvalue weighted by molar-refractivity contribution is -0.161. The Hall–Kier alpha value is -9.64. The number of likely N-dealkylation sites (N-methyl/N-ethyl adjacent to an activating group) is 1. The third-order valence-electron chi connectivity index (χ3n) is 18.7. The fourth-order valence-electron chi connectivity index (χ4n) is 12.5. The number of primary amides is 1. The molecule has 3 fully saturated rings. The van der Waals surface area contributed by atoms with E-state index >= 15 is 9.59 Å². The van der Waals surface area contributed by atoms with Crippen LogP contribution in [0.1, 0.15) is 137 Å². The zero-order valence-electron chi connectivity index (χ0n) is 61.6. The van der Waals surface area contributed by atoms with Crippen molar-refractivity contribution in [2.24, 2.45) is 17.6 Å². The molecule has 3 aliphatic rings. The summed E-state index contributed by atoms with van der Waals surface area (Å²) in [5.74, 6) is -14.3. The van der Waals surface area contributed by atoms with Gasteiger partial charge in [-0.3, -0.25) is 62.3 Å². The van der Waals surface area contributed by atoms with E-state index in [1.165, 1.54) is 28.0 Å². The molecule has 3 aliphatic heterocycles. The van der Waals surface area contributed by atoms with Crippen molar-refractivity contribution in [3.63, 3.8) is 0 Å². The van der Waals surface area contributed by atoms with Crippen LogP contribution < -0.4 is 58.3 Å². The number of aryl methyl sites for hydroxylation is 1. The molecule has 0 radical (unpaired) electrons. The van der Waals surface area contributed by atoms with Crippen molar-refractivity contribution in [3.05, 3.63) is 77.5 Å². The average molecular weight is 1490 g/mol. The molecule has 0 aromatic heterocycles. The second-order valence-electron chi connectivity index (χ2n) is 27.6. The zero-order valence-corrected chi connectivity index (χ0v) is 61.6. The first kappa shape index (κ1) is 87.0. The number of carbonyl (C=O) groups excluding carboxylic acids is 14. The first-order chi connectivity index (χ1) is 50.2. The number of aliphatic hydroxyl groups excluding tert-OH is 5. The molecule has 2 aromatic carbocycles. The largest absolute Gasteiger partial charge is 0.497 e. The van der Waals surface area contributed by atoms with E-state index < -0.39 is 225 Å². The lowest BCUT2D eigenvalue weighted by atomic mass is 9.93. The van der Waals surface area contributed by atoms with Gasteiger partial charge in [0.05, 0.1) is 45.1 Å². The topological polar surface area (TPSA) is 503 Å². The van der Waals surface area contributed by atoms with Gasteiger partial charge in [-0.2, -0.15) is 0 Å². The van der Waals surface area contributed by atoms with Crippen molar-refractivity contribution in [1.29, 1.82) is 0 Å². The minimum atomic E-state index is -2.48. The van der Waals surface area contributed by atoms with Gasteiger partial charge in [-0.05, 0) is 107 Å². The number of rotatable bonds is 24. The van der Waals surface area contributed by atoms with Crippen LogP contribution in [0, 0.1) is 11.8 Å². The molecule has 34 heteroatoms. The number of hydrogen-bond acceptors (Lipinski definition) is 21. The van der Waals surface area contributed by atoms with Crippen LogP contribution in [-0.4, -0.2) is 255 Å². The molecule has 106 heavy (non-hydrogen) atoms. The fraction of sp³-hybridized carbons (Fsp3) is 0.611. The Morgan fingerprint density at radius 3 is 1.82 bits per heavy atom. The molecule has 13 amide bonds. The van der Waals surface area contributed by atoms with Gasteiger partial charge in [-0.15, -0.1) is 0 Å². The van der Waals surface area contributed by atoms with Crippen LogP contribution in [0.3, 0.4) is 0 Å². The minimum absolute atomic E-state index is 0.0206. The van der Waals surface area contributed by atoms with E-state index in [9.17, 15) is 83.1 Å². The molecule has 16 N–H and O–H groups in total. The predicted octanol–water partition coefficient (Wildman–Crippen LogP) is -3.23. The Balaban J connectivity index is 1.64. The summed E-state index contributed by atoms with van der Waals surface area (Å²) in [6.07, 6.45) is -7.99. The number of allylic oxidation sites excluding steroid dienone is 1. The number of aliphatic hydroxyl groups is 5. The van der Waals surface area contributed by atoms with Crippen molar-refractivity contribution >= 4 is 82.8 Å². The van der Waals surface area contributed by atoms with Crippen molar-refractivity contribution in [1.82, 2.24) is 62.6 Å². The van der Waals surface area contributed by atoms with E-state index in [2.05, 4.69) is 47.9 Å². The number of nitrogens with two attached hydrogens (primary N) is 1. The van der Waals surface area contributed by atoms with Gasteiger partial charge in [0, 0.05) is 52.2 Å². The Morgan fingerprint density at radius 2 is 1.23 bits per heavy atom. The van der Waals surface area contributed by atoms with Crippen molar-refractivity contribution in [2.45, 2.75) is 223 Å². The standard InChI is InChI=1S/C72H107N13O21/c1-10-17-58(91)83(8)41(7)72(104)106-45(35-56(89)55(88)32-39(3)4)34-49-61(93)70(102)76-47(28-29-57(73)90)62(94)74-36-59(92)84-30-15-20-53(84)67(99)79-50(33-43-18-13-12-14-19-43)64(96)82-60(40(5)6)69(101)81-52(38-87)65(97)75-46(11-2)63(95)80-51(37-86)66(98)77-48(27-24-42-22-25-44(105-9)26-23-42)71(103)85-31-16-21-54(85)68(100)78-49/h11-14,18-19,22-23,25-26,39-41,45,47-56,60-61,86-89,93H,10,15-17,20-21,24,27-38H2,1-9H3,(H2,73,90)(H,74,94)(H,75,97)(H,76,102)(H,77,98)(H,78,100)(H,79,99)(H,80,95)(H,81,101)(H,82,96)/b46-11-. The van der Waals surface area contributed by atoms with Gasteiger partial charge in [0.1, 0.15) is 71.9 Å². The summed E-state index contributed by atoms with van der Waals surface area (Å²) < 4.78 is 11.3. The van der Waals surface area contributed by atoms with E-state index in [0.717, 1.165) is 20.8 Å². The van der Waals surface area contributed by atoms with Gasteiger partial charge in [-0.1, -0.05) is 83.2 Å². The maximum atomic E-state index is 15.2. The molecule has 586 valence electrons. The number of nitrogens with zero attached hydrogens (tertiary/aromatic N) is 3. The van der Waals surface area contributed by atoms with Crippen LogP contribution >= 0.6 is 0 Å². The molecule has 0 bridgehead atoms. The smallest absolute Gasteiger partial charge is 0.328 e. The quantitative estimate of drug-likeness (QED) is 0.0363. The number of nitrogens with one attached hydrogen (secondary N) is 9. The number of hydrogen-bond donors (Lipinski definition) is 15. The molecule has 2 aromatic rings. The van der Waals surface area contributed by atoms with E-state index in [-0.39, 0.29) is 76.8 Å². The van der Waals surface area contributed by atoms with Gasteiger partial charge < -0.3 is 103 Å². The third-order valence-corrected chi connectivity index (χ3v) is 18.7. The van der Waals surface area contributed by atoms with Crippen molar-refractivity contribution < 1.29 is 102 Å². The highest BCUT2D eigenvalue weighted by Crippen LogP contribution is 2.25. The molecule has 0 aliphatic carbocycles. The van der Waals surface area contributed by atoms with E-state index in [1.54, 1.807) is 89.2 Å². The number of methoxy groups -OCH3 is 1. The Morgan fingerprint density at radius 1 is 0.651 bits per heavy atom. The van der Waals surface area contributed by atoms with Crippen molar-refractivity contribution in [2.75, 3.05) is 47.0 Å². The van der Waals surface area contributed by atoms with Gasteiger partial charge >= 0.3 is 5.97 Å². The van der Waals surface area contributed by atoms with E-state index in [0.29, 0.717) is 23.3 Å². The van der Waals surface area contributed by atoms with Crippen LogP contribution in [0.5, 0.6) is 5.75 Å². The summed E-state index contributed by atoms with van der Waals surface area (Å²) >= 11 is 0. The number of ether oxygens (including phenoxy) is 2. The number of esters is 1. The lowest BCUT2D eigenvalue weighted by Crippen LogP contribution is -2.61. The third kappa shape index (κ3) is 25.9. The number of fused-ring (bicyclic) bond motifs is 2. The van der Waals surface area contributed by atoms with Gasteiger partial charge in [0.2, 0.25) is 65.0 Å². The Kier molecular flexibility index (Phi) is 34.9. The fourth-order valence-corrected chi connectivity index (χ4v) is 12.5. The highest BCUT2D eigenvalue weighted by Gasteiger charge is 2.44. The second-order valence-corrected chi connectivity index (χ2v) is 27.6. The van der Waals surface area contributed by atoms with Crippen LogP contribution in [0.15, 0.2) is 66.4 Å². The van der Waals surface area contributed by atoms with Crippen molar-refractivity contribution in [3.8, 4) is 5.75 Å². The summed E-state index contributed by atoms with van der Waals surface area (Å²) in [6, 6.07) is -0.756. The van der Waals surface area contributed by atoms with Gasteiger partial charge in [0.25, 0.3) is 11.8 Å². The zero-order chi connectivity index (χ0) is 78.6. The minimum Gasteiger partial charge on any atom is -0.497 e. The summed E-state index contributed by atoms with van der Waals surface area (Å²) in [6.45, 7) is 7.91. The summed E-state index contributed by atoms with van der Waals surface area (Å²) in [7, 11) is 2.81. The second kappa shape index (κ2) is 42.5. The van der Waals surface area contributed by atoms with Crippen LogP contribution in [0.25, 0.3) is 0 Å². The van der Waals surface area contributed by atoms with E-state index in [4.69, 9.17) is 15.2 Å². The number of carbonyl (C=O) groups is 14. The molecule has 34 nitrogen and oxygen atoms in total. The van der Waals surface area contributed by atoms with E-state index in [1.807, 2.05) is 0 Å². The number of amides is 13. The molecule has 0 saturated carbocycles. The Bertz CT molecular complexity index is 3420. The van der Waals surface area contributed by atoms with Crippen LogP contribution in [0.4, 0.5) is 0 Å². The predicted molar refractivity (Wildman–Crippen MR) is 381 cm³/mol. The lowest BCUT2D eigenvalue weighted by Gasteiger charge is -2.34. The molecular weight excluding hydrogens is 1380 g/mol. The molecule has 14 atom stereocenters. The molecule has 14 unspecified atom stereocenters. The molecule has 5 rings (SSSR count). The molecular formula is C72H107N13O21. The van der Waals surface area contributed by atoms with Gasteiger partial charge in [-0.25, -0.2) is 4.79 Å². The molecule has 0 spiro atoms. The normalized spacial score (nSPS) is 25.0. The average Bonchev–Trinajstić information content (AvgIpc) is 1.57. The monoisotopic (exact) mass is 1490 g/mol. The first-order valence-corrected chi connectivity index (χ1v) is 35.9. The van der Waals surface area contributed by atoms with Gasteiger partial charge in [0.15, 0.2) is 6.10 Å². The van der Waals surface area contributed by atoms with Crippen LogP contribution in [0.2, 0.25) is 0 Å². The molecule has 3 saturated heterocycles. The SMILES string of the molecule is C/C=C1\NC(=O)C(CO)NC(=O)C(C(C)C)NC(=O)C(Cc2ccccc2)NC(=O)C2CCCN2C(=O)CNC(=O)C(CCC(N)=O)NC(=O)C(O)C(CC(CC(O)C(O)CC(C)C)OC(=O)C(C)N(C)C(=O)CCC)NC(=O)C2CCCN2C(=O)C(CCc2ccc(OC)cc2)NC(=O)C(CO)NC1=O. The Labute approximate surface area is 616 Å². The highest BCUT2D eigenvalue weighted by molar-refractivity contribution is 6.03. The summed E-state index contributed by atoms with van der Waals surface area (Å²) in [5, 5.41) is 78.5. The maximum Gasteiger partial charge on any atom is 0.328 e. The highest BCUT2D eigenvalue weighted by atomic mass is 16.5. The first-order valence-electron chi connectivity index (χ1n) is 35.9. The summed E-state index contributed by atoms with van der Waals surface area (Å²) in [5.41, 5.74) is 6.17. The number of benzene rings is 2. The summed E-state index contributed by atoms with van der Waals surface area (Å²) in [4.78, 5) is 202.